The van der Waals surface area contributed by atoms with E-state index >= 15 is 0 Å². The molecule has 1 heterocycles. The van der Waals surface area contributed by atoms with Crippen LogP contribution in [0.4, 0.5) is 5.69 Å². The zero-order valence-electron chi connectivity index (χ0n) is 18.2. The summed E-state index contributed by atoms with van der Waals surface area (Å²) in [4.78, 5) is 31.6. The van der Waals surface area contributed by atoms with Crippen LogP contribution in [0.25, 0.3) is 6.08 Å². The lowest BCUT2D eigenvalue weighted by molar-refractivity contribution is -0.113. The van der Waals surface area contributed by atoms with Crippen molar-refractivity contribution in [2.24, 2.45) is 4.99 Å². The normalized spacial score (nSPS) is 14.4. The average molecular weight is 459 g/mol. The number of para-hydroxylation sites is 1. The van der Waals surface area contributed by atoms with Gasteiger partial charge in [0.1, 0.15) is 17.2 Å². The topological polar surface area (TPSA) is 68.2 Å². The van der Waals surface area contributed by atoms with Gasteiger partial charge in [-0.25, -0.2) is 0 Å². The van der Waals surface area contributed by atoms with E-state index in [-0.39, 0.29) is 17.4 Å². The van der Waals surface area contributed by atoms with E-state index in [1.54, 1.807) is 49.5 Å². The predicted octanol–water partition coefficient (Wildman–Crippen LogP) is 5.06. The van der Waals surface area contributed by atoms with Crippen LogP contribution < -0.4 is 14.4 Å². The van der Waals surface area contributed by atoms with Crippen molar-refractivity contribution in [2.75, 3.05) is 24.9 Å². The standard InChI is InChI=1S/C26H22N2O4S/c1-31-21-12-8-18(9-13-21)16-23-25(30)27-26(28(23)20-6-4-3-5-7-20)33-17-24(29)19-10-14-22(32-2)15-11-19/h3-16H,17H2,1-2H3/b23-16-. The molecule has 0 saturated carbocycles. The summed E-state index contributed by atoms with van der Waals surface area (Å²) in [6.07, 6.45) is 1.79. The second-order valence-corrected chi connectivity index (χ2v) is 8.06. The molecular weight excluding hydrogens is 436 g/mol. The zero-order chi connectivity index (χ0) is 23.2. The van der Waals surface area contributed by atoms with Crippen LogP contribution in [0.2, 0.25) is 0 Å². The largest absolute Gasteiger partial charge is 0.497 e. The molecule has 33 heavy (non-hydrogen) atoms. The summed E-state index contributed by atoms with van der Waals surface area (Å²) in [6, 6.07) is 23.9. The highest BCUT2D eigenvalue weighted by molar-refractivity contribution is 8.14. The number of Topliss-reactive ketones (excluding diaryl/α,β-unsaturated/α-hetero) is 1. The highest BCUT2D eigenvalue weighted by Crippen LogP contribution is 2.31. The third-order valence-corrected chi connectivity index (χ3v) is 5.97. The Bertz CT molecular complexity index is 1200. The second-order valence-electron chi connectivity index (χ2n) is 7.11. The number of carbonyl (C=O) groups is 2. The molecule has 166 valence electrons. The summed E-state index contributed by atoms with van der Waals surface area (Å²) in [5.41, 5.74) is 2.64. The molecule has 1 aliphatic heterocycles. The Morgan fingerprint density at radius 3 is 2.12 bits per heavy atom. The lowest BCUT2D eigenvalue weighted by Gasteiger charge is -2.21. The van der Waals surface area contributed by atoms with Gasteiger partial charge in [0, 0.05) is 11.3 Å². The average Bonchev–Trinajstić information content (AvgIpc) is 3.18. The molecule has 0 spiro atoms. The second kappa shape index (κ2) is 10.2. The molecule has 4 rings (SSSR count). The first-order valence-electron chi connectivity index (χ1n) is 10.2. The van der Waals surface area contributed by atoms with Gasteiger partial charge in [0.2, 0.25) is 0 Å². The summed E-state index contributed by atoms with van der Waals surface area (Å²) in [7, 11) is 3.19. The molecule has 1 aliphatic rings. The third kappa shape index (κ3) is 5.15. The number of ketones is 1. The third-order valence-electron chi connectivity index (χ3n) is 5.03. The van der Waals surface area contributed by atoms with E-state index in [9.17, 15) is 9.59 Å². The van der Waals surface area contributed by atoms with Crippen molar-refractivity contribution in [3.63, 3.8) is 0 Å². The van der Waals surface area contributed by atoms with E-state index in [2.05, 4.69) is 4.99 Å². The predicted molar refractivity (Wildman–Crippen MR) is 132 cm³/mol. The summed E-state index contributed by atoms with van der Waals surface area (Å²) in [5, 5.41) is 0.466. The lowest BCUT2D eigenvalue weighted by atomic mass is 10.1. The minimum atomic E-state index is -0.353. The van der Waals surface area contributed by atoms with E-state index in [0.717, 1.165) is 17.0 Å². The highest BCUT2D eigenvalue weighted by Gasteiger charge is 2.31. The summed E-state index contributed by atoms with van der Waals surface area (Å²) in [5.74, 6) is 1.16. The van der Waals surface area contributed by atoms with E-state index in [4.69, 9.17) is 9.47 Å². The first-order chi connectivity index (χ1) is 16.1. The number of amidine groups is 1. The molecule has 0 fully saturated rings. The smallest absolute Gasteiger partial charge is 0.296 e. The van der Waals surface area contributed by atoms with Crippen LogP contribution in [-0.2, 0) is 4.79 Å². The fourth-order valence-electron chi connectivity index (χ4n) is 3.29. The van der Waals surface area contributed by atoms with Gasteiger partial charge in [0.15, 0.2) is 11.0 Å². The molecule has 0 radical (unpaired) electrons. The number of carbonyl (C=O) groups excluding carboxylic acids is 2. The number of hydrogen-bond donors (Lipinski definition) is 0. The number of aliphatic imine (C=N–C) groups is 1. The zero-order valence-corrected chi connectivity index (χ0v) is 19.0. The minimum Gasteiger partial charge on any atom is -0.497 e. The van der Waals surface area contributed by atoms with Crippen LogP contribution in [-0.4, -0.2) is 36.8 Å². The Morgan fingerprint density at radius 1 is 0.909 bits per heavy atom. The molecule has 0 N–H and O–H groups in total. The lowest BCUT2D eigenvalue weighted by Crippen LogP contribution is -2.25. The number of amides is 1. The van der Waals surface area contributed by atoms with Gasteiger partial charge < -0.3 is 9.47 Å². The van der Waals surface area contributed by atoms with Gasteiger partial charge in [-0.15, -0.1) is 0 Å². The maximum absolute atomic E-state index is 12.8. The van der Waals surface area contributed by atoms with Gasteiger partial charge in [0.05, 0.1) is 20.0 Å². The number of rotatable bonds is 7. The molecule has 6 nitrogen and oxygen atoms in total. The Labute approximate surface area is 196 Å². The Balaban J connectivity index is 1.58. The van der Waals surface area contributed by atoms with Crippen LogP contribution in [0.5, 0.6) is 11.5 Å². The van der Waals surface area contributed by atoms with Gasteiger partial charge in [-0.2, -0.15) is 4.99 Å². The highest BCUT2D eigenvalue weighted by atomic mass is 32.2. The minimum absolute atomic E-state index is 0.0570. The number of hydrogen-bond acceptors (Lipinski definition) is 6. The van der Waals surface area contributed by atoms with Crippen molar-refractivity contribution in [3.05, 3.63) is 95.7 Å². The number of methoxy groups -OCH3 is 2. The molecule has 3 aromatic rings. The molecule has 0 saturated heterocycles. The molecule has 0 aromatic heterocycles. The van der Waals surface area contributed by atoms with Crippen molar-refractivity contribution in [1.29, 1.82) is 0 Å². The van der Waals surface area contributed by atoms with Gasteiger partial charge in [0.25, 0.3) is 5.91 Å². The number of anilines is 1. The molecule has 0 bridgehead atoms. The monoisotopic (exact) mass is 458 g/mol. The Morgan fingerprint density at radius 2 is 1.52 bits per heavy atom. The van der Waals surface area contributed by atoms with Crippen molar-refractivity contribution in [2.45, 2.75) is 0 Å². The van der Waals surface area contributed by atoms with Crippen LogP contribution in [0.15, 0.2) is 89.6 Å². The van der Waals surface area contributed by atoms with Gasteiger partial charge >= 0.3 is 0 Å². The van der Waals surface area contributed by atoms with E-state index in [1.165, 1.54) is 11.8 Å². The number of thioether (sulfide) groups is 1. The van der Waals surface area contributed by atoms with Gasteiger partial charge in [-0.3, -0.25) is 14.5 Å². The summed E-state index contributed by atoms with van der Waals surface area (Å²) in [6.45, 7) is 0. The van der Waals surface area contributed by atoms with E-state index in [1.807, 2.05) is 54.6 Å². The van der Waals surface area contributed by atoms with Crippen LogP contribution >= 0.6 is 11.8 Å². The fraction of sp³-hybridized carbons (Fsp3) is 0.115. The Kier molecular flexibility index (Phi) is 6.90. The van der Waals surface area contributed by atoms with Crippen molar-refractivity contribution >= 4 is 40.4 Å². The van der Waals surface area contributed by atoms with Crippen molar-refractivity contribution < 1.29 is 19.1 Å². The quantitative estimate of drug-likeness (QED) is 0.364. The number of benzene rings is 3. The molecule has 0 unspecified atom stereocenters. The molecule has 0 atom stereocenters. The molecule has 0 aliphatic carbocycles. The van der Waals surface area contributed by atoms with E-state index in [0.29, 0.717) is 22.2 Å². The first kappa shape index (κ1) is 22.4. The number of nitrogens with zero attached hydrogens (tertiary/aromatic N) is 2. The summed E-state index contributed by atoms with van der Waals surface area (Å²) < 4.78 is 10.4. The maximum Gasteiger partial charge on any atom is 0.296 e. The van der Waals surface area contributed by atoms with Crippen molar-refractivity contribution in [3.8, 4) is 11.5 Å². The van der Waals surface area contributed by atoms with Crippen LogP contribution in [0.1, 0.15) is 15.9 Å². The van der Waals surface area contributed by atoms with Gasteiger partial charge in [-0.05, 0) is 60.2 Å². The fourth-order valence-corrected chi connectivity index (χ4v) is 4.20. The van der Waals surface area contributed by atoms with E-state index < -0.39 is 0 Å². The van der Waals surface area contributed by atoms with Gasteiger partial charge in [-0.1, -0.05) is 42.1 Å². The van der Waals surface area contributed by atoms with Crippen molar-refractivity contribution in [1.82, 2.24) is 0 Å². The summed E-state index contributed by atoms with van der Waals surface area (Å²) >= 11 is 1.24. The molecule has 3 aromatic carbocycles. The number of ether oxygens (including phenoxy) is 2. The van der Waals surface area contributed by atoms with Crippen LogP contribution in [0.3, 0.4) is 0 Å². The SMILES string of the molecule is COc1ccc(/C=C2/C(=O)N=C(SCC(=O)c3ccc(OC)cc3)N2c2ccccc2)cc1. The molecule has 7 heteroatoms. The van der Waals surface area contributed by atoms with Crippen LogP contribution in [0, 0.1) is 0 Å². The first-order valence-corrected chi connectivity index (χ1v) is 11.2. The molecular formula is C26H22N2O4S. The Hall–Kier alpha value is -3.84. The molecule has 1 amide bonds. The maximum atomic E-state index is 12.8.